The van der Waals surface area contributed by atoms with Gasteiger partial charge in [0.25, 0.3) is 5.91 Å². The fourth-order valence-electron chi connectivity index (χ4n) is 2.81. The number of nitrogens with zero attached hydrogens (tertiary/aromatic N) is 1. The van der Waals surface area contributed by atoms with Crippen molar-refractivity contribution in [3.63, 3.8) is 0 Å². The lowest BCUT2D eigenvalue weighted by Gasteiger charge is -2.26. The second kappa shape index (κ2) is 9.28. The summed E-state index contributed by atoms with van der Waals surface area (Å²) in [6.07, 6.45) is 0.389. The Bertz CT molecular complexity index is 820. The van der Waals surface area contributed by atoms with Crippen LogP contribution in [-0.2, 0) is 11.2 Å². The van der Waals surface area contributed by atoms with Crippen molar-refractivity contribution in [3.8, 4) is 5.75 Å². The average Bonchev–Trinajstić information content (AvgIpc) is 2.70. The number of ether oxygens (including phenoxy) is 1. The quantitative estimate of drug-likeness (QED) is 0.754. The van der Waals surface area contributed by atoms with Gasteiger partial charge in [-0.05, 0) is 51.8 Å². The molecule has 0 unspecified atom stereocenters. The third-order valence-corrected chi connectivity index (χ3v) is 5.98. The van der Waals surface area contributed by atoms with E-state index in [0.717, 1.165) is 30.2 Å². The molecule has 5 nitrogen and oxygen atoms in total. The number of benzene rings is 2. The standard InChI is InChI=1S/C20H21BrN2O3S/c1-26-16-6-7-18(21)17(13-16)20(25)22-15-4-2-14(3-5-15)12-19(24)23-8-10-27-11-9-23/h2-7,13H,8-12H2,1H3,(H,22,25). The number of anilines is 1. The molecule has 0 aromatic heterocycles. The fourth-order valence-corrected chi connectivity index (χ4v) is 4.14. The van der Waals surface area contributed by atoms with Crippen molar-refractivity contribution < 1.29 is 14.3 Å². The molecule has 0 atom stereocenters. The highest BCUT2D eigenvalue weighted by atomic mass is 79.9. The van der Waals surface area contributed by atoms with Crippen LogP contribution in [0.4, 0.5) is 5.69 Å². The minimum atomic E-state index is -0.226. The van der Waals surface area contributed by atoms with E-state index in [1.807, 2.05) is 40.9 Å². The maximum Gasteiger partial charge on any atom is 0.256 e. The molecule has 1 aliphatic rings. The van der Waals surface area contributed by atoms with Crippen LogP contribution >= 0.6 is 27.7 Å². The molecule has 0 spiro atoms. The second-order valence-electron chi connectivity index (χ2n) is 6.17. The van der Waals surface area contributed by atoms with Crippen LogP contribution in [0.3, 0.4) is 0 Å². The van der Waals surface area contributed by atoms with Gasteiger partial charge in [-0.1, -0.05) is 12.1 Å². The van der Waals surface area contributed by atoms with Crippen LogP contribution in [0, 0.1) is 0 Å². The number of carbonyl (C=O) groups excluding carboxylic acids is 2. The molecule has 2 aromatic rings. The topological polar surface area (TPSA) is 58.6 Å². The van der Waals surface area contributed by atoms with Gasteiger partial charge in [-0.3, -0.25) is 9.59 Å². The Balaban J connectivity index is 1.62. The molecular formula is C20H21BrN2O3S. The molecule has 1 aliphatic heterocycles. The number of carbonyl (C=O) groups is 2. The summed E-state index contributed by atoms with van der Waals surface area (Å²) in [7, 11) is 1.56. The van der Waals surface area contributed by atoms with Gasteiger partial charge in [0.1, 0.15) is 5.75 Å². The predicted molar refractivity (Wildman–Crippen MR) is 113 cm³/mol. The maximum absolute atomic E-state index is 12.5. The van der Waals surface area contributed by atoms with E-state index in [9.17, 15) is 9.59 Å². The molecule has 7 heteroatoms. The highest BCUT2D eigenvalue weighted by Gasteiger charge is 2.17. The summed E-state index contributed by atoms with van der Waals surface area (Å²) >= 11 is 5.28. The molecule has 2 aromatic carbocycles. The Morgan fingerprint density at radius 2 is 1.85 bits per heavy atom. The van der Waals surface area contributed by atoms with Crippen LogP contribution in [0.5, 0.6) is 5.75 Å². The first-order valence-corrected chi connectivity index (χ1v) is 10.6. The second-order valence-corrected chi connectivity index (χ2v) is 8.25. The Hall–Kier alpha value is -1.99. The van der Waals surface area contributed by atoms with Gasteiger partial charge in [0.05, 0.1) is 19.1 Å². The van der Waals surface area contributed by atoms with E-state index < -0.39 is 0 Å². The van der Waals surface area contributed by atoms with Crippen LogP contribution in [0.1, 0.15) is 15.9 Å². The number of nitrogens with one attached hydrogen (secondary N) is 1. The number of amides is 2. The Kier molecular flexibility index (Phi) is 6.79. The van der Waals surface area contributed by atoms with Gasteiger partial charge in [0.2, 0.25) is 5.91 Å². The number of hydrogen-bond donors (Lipinski definition) is 1. The number of rotatable bonds is 5. The molecule has 27 heavy (non-hydrogen) atoms. The maximum atomic E-state index is 12.5. The molecule has 142 valence electrons. The molecule has 1 heterocycles. The molecule has 3 rings (SSSR count). The smallest absolute Gasteiger partial charge is 0.256 e. The molecule has 0 saturated carbocycles. The monoisotopic (exact) mass is 448 g/mol. The Labute approximate surface area is 171 Å². The first kappa shape index (κ1) is 19.8. The van der Waals surface area contributed by atoms with Crippen LogP contribution in [0.25, 0.3) is 0 Å². The lowest BCUT2D eigenvalue weighted by molar-refractivity contribution is -0.130. The molecule has 0 bridgehead atoms. The van der Waals surface area contributed by atoms with E-state index in [2.05, 4.69) is 21.2 Å². The van der Waals surface area contributed by atoms with Crippen molar-refractivity contribution in [2.24, 2.45) is 0 Å². The van der Waals surface area contributed by atoms with Crippen molar-refractivity contribution in [1.82, 2.24) is 4.90 Å². The summed E-state index contributed by atoms with van der Waals surface area (Å²) in [5.74, 6) is 2.57. The normalized spacial score (nSPS) is 13.9. The van der Waals surface area contributed by atoms with E-state index in [1.165, 1.54) is 0 Å². The summed E-state index contributed by atoms with van der Waals surface area (Å²) in [6.45, 7) is 1.65. The molecule has 2 amide bonds. The van der Waals surface area contributed by atoms with Crippen molar-refractivity contribution >= 4 is 45.2 Å². The summed E-state index contributed by atoms with van der Waals surface area (Å²) < 4.78 is 5.87. The Morgan fingerprint density at radius 3 is 2.52 bits per heavy atom. The van der Waals surface area contributed by atoms with Gasteiger partial charge in [-0.15, -0.1) is 0 Å². The lowest BCUT2D eigenvalue weighted by atomic mass is 10.1. The zero-order chi connectivity index (χ0) is 19.2. The number of thioether (sulfide) groups is 1. The van der Waals surface area contributed by atoms with E-state index in [4.69, 9.17) is 4.74 Å². The molecule has 0 aliphatic carbocycles. The highest BCUT2D eigenvalue weighted by Crippen LogP contribution is 2.23. The van der Waals surface area contributed by atoms with Gasteiger partial charge in [-0.2, -0.15) is 11.8 Å². The van der Waals surface area contributed by atoms with Gasteiger partial charge < -0.3 is 15.0 Å². The largest absolute Gasteiger partial charge is 0.497 e. The zero-order valence-corrected chi connectivity index (χ0v) is 17.4. The Morgan fingerprint density at radius 1 is 1.15 bits per heavy atom. The van der Waals surface area contributed by atoms with Gasteiger partial charge in [-0.25, -0.2) is 0 Å². The van der Waals surface area contributed by atoms with Crippen LogP contribution < -0.4 is 10.1 Å². The van der Waals surface area contributed by atoms with Crippen molar-refractivity contribution in [3.05, 3.63) is 58.1 Å². The van der Waals surface area contributed by atoms with E-state index in [-0.39, 0.29) is 11.8 Å². The van der Waals surface area contributed by atoms with Gasteiger partial charge in [0.15, 0.2) is 0 Å². The van der Waals surface area contributed by atoms with Crippen molar-refractivity contribution in [2.45, 2.75) is 6.42 Å². The SMILES string of the molecule is COc1ccc(Br)c(C(=O)Nc2ccc(CC(=O)N3CCSCC3)cc2)c1. The number of hydrogen-bond acceptors (Lipinski definition) is 4. The van der Waals surface area contributed by atoms with Crippen LogP contribution in [0.2, 0.25) is 0 Å². The van der Waals surface area contributed by atoms with E-state index in [1.54, 1.807) is 25.3 Å². The molecule has 1 fully saturated rings. The minimum absolute atomic E-state index is 0.160. The average molecular weight is 449 g/mol. The third kappa shape index (κ3) is 5.26. The molecule has 1 saturated heterocycles. The molecule has 1 N–H and O–H groups in total. The van der Waals surface area contributed by atoms with Crippen molar-refractivity contribution in [2.75, 3.05) is 37.0 Å². The molecule has 0 radical (unpaired) electrons. The zero-order valence-electron chi connectivity index (χ0n) is 15.0. The number of methoxy groups -OCH3 is 1. The predicted octanol–water partition coefficient (Wildman–Crippen LogP) is 3.83. The summed E-state index contributed by atoms with van der Waals surface area (Å²) in [5.41, 5.74) is 2.12. The summed E-state index contributed by atoms with van der Waals surface area (Å²) in [4.78, 5) is 26.8. The number of halogens is 1. The van der Waals surface area contributed by atoms with Gasteiger partial charge >= 0.3 is 0 Å². The van der Waals surface area contributed by atoms with Gasteiger partial charge in [0, 0.05) is 34.8 Å². The lowest BCUT2D eigenvalue weighted by Crippen LogP contribution is -2.38. The minimum Gasteiger partial charge on any atom is -0.497 e. The van der Waals surface area contributed by atoms with Crippen LogP contribution in [-0.4, -0.2) is 48.4 Å². The van der Waals surface area contributed by atoms with Crippen LogP contribution in [0.15, 0.2) is 46.9 Å². The first-order chi connectivity index (χ1) is 13.1. The first-order valence-electron chi connectivity index (χ1n) is 8.66. The molecular weight excluding hydrogens is 428 g/mol. The highest BCUT2D eigenvalue weighted by molar-refractivity contribution is 9.10. The van der Waals surface area contributed by atoms with E-state index >= 15 is 0 Å². The third-order valence-electron chi connectivity index (χ3n) is 4.35. The fraction of sp³-hybridized carbons (Fsp3) is 0.300. The van der Waals surface area contributed by atoms with Crippen molar-refractivity contribution in [1.29, 1.82) is 0 Å². The summed E-state index contributed by atoms with van der Waals surface area (Å²) in [6, 6.07) is 12.7. The summed E-state index contributed by atoms with van der Waals surface area (Å²) in [5, 5.41) is 2.87. The van der Waals surface area contributed by atoms with E-state index in [0.29, 0.717) is 27.9 Å².